The average Bonchev–Trinajstić information content (AvgIpc) is 2.53. The maximum absolute atomic E-state index is 9.79. The molecular weight excluding hydrogens is 296 g/mol. The van der Waals surface area contributed by atoms with Crippen molar-refractivity contribution < 1.29 is 9.84 Å². The van der Waals surface area contributed by atoms with E-state index in [-0.39, 0.29) is 0 Å². The number of aliphatic hydroxyl groups is 1. The van der Waals surface area contributed by atoms with E-state index in [1.165, 1.54) is 0 Å². The third-order valence-electron chi connectivity index (χ3n) is 2.92. The predicted molar refractivity (Wildman–Crippen MR) is 92.7 cm³/mol. The van der Waals surface area contributed by atoms with Gasteiger partial charge in [0.1, 0.15) is 6.61 Å². The zero-order valence-corrected chi connectivity index (χ0v) is 13.6. The molecule has 1 N–H and O–H groups in total. The third kappa shape index (κ3) is 8.69. The zero-order valence-electron chi connectivity index (χ0n) is 12.8. The number of halogens is 1. The van der Waals surface area contributed by atoms with Crippen LogP contribution < -0.4 is 0 Å². The number of ether oxygens (including phenoxy) is 1. The Labute approximate surface area is 138 Å². The fraction of sp³-hybridized carbons (Fsp3) is 0.368. The molecule has 0 saturated carbocycles. The van der Waals surface area contributed by atoms with Crippen molar-refractivity contribution in [3.05, 3.63) is 60.2 Å². The summed E-state index contributed by atoms with van der Waals surface area (Å²) < 4.78 is 5.52. The van der Waals surface area contributed by atoms with Crippen LogP contribution in [0.1, 0.15) is 24.8 Å². The van der Waals surface area contributed by atoms with Crippen LogP contribution in [0.4, 0.5) is 0 Å². The lowest BCUT2D eigenvalue weighted by atomic mass is 10.1. The van der Waals surface area contributed by atoms with Gasteiger partial charge in [-0.2, -0.15) is 0 Å². The highest BCUT2D eigenvalue weighted by atomic mass is 35.5. The van der Waals surface area contributed by atoms with Gasteiger partial charge >= 0.3 is 0 Å². The average molecular weight is 319 g/mol. The minimum absolute atomic E-state index is 0.366. The molecule has 0 aromatic heterocycles. The highest BCUT2D eigenvalue weighted by Gasteiger charge is 2.00. The molecule has 0 saturated heterocycles. The maximum atomic E-state index is 9.79. The van der Waals surface area contributed by atoms with Crippen molar-refractivity contribution in [2.24, 2.45) is 0 Å². The van der Waals surface area contributed by atoms with E-state index in [0.29, 0.717) is 25.5 Å². The molecule has 0 heterocycles. The van der Waals surface area contributed by atoms with E-state index in [9.17, 15) is 5.11 Å². The van der Waals surface area contributed by atoms with Gasteiger partial charge in [-0.25, -0.2) is 0 Å². The lowest BCUT2D eigenvalue weighted by Gasteiger charge is -2.04. The zero-order chi connectivity index (χ0) is 16.0. The van der Waals surface area contributed by atoms with Crippen molar-refractivity contribution in [1.82, 2.24) is 0 Å². The minimum atomic E-state index is -0.539. The fourth-order valence-corrected chi connectivity index (χ4v) is 1.99. The summed E-state index contributed by atoms with van der Waals surface area (Å²) in [5.41, 5.74) is 2.03. The summed E-state index contributed by atoms with van der Waals surface area (Å²) in [7, 11) is 0. The summed E-state index contributed by atoms with van der Waals surface area (Å²) in [5.74, 6) is 6.64. The fourth-order valence-electron chi connectivity index (χ4n) is 1.86. The first-order valence-electron chi connectivity index (χ1n) is 7.42. The topological polar surface area (TPSA) is 29.5 Å². The van der Waals surface area contributed by atoms with Crippen LogP contribution in [0.2, 0.25) is 0 Å². The number of hydrogen-bond acceptors (Lipinski definition) is 2. The second-order valence-electron chi connectivity index (χ2n) is 4.86. The molecule has 0 bridgehead atoms. The highest BCUT2D eigenvalue weighted by Crippen LogP contribution is 2.08. The molecule has 22 heavy (non-hydrogen) atoms. The second kappa shape index (κ2) is 12.1. The lowest BCUT2D eigenvalue weighted by molar-refractivity contribution is 0.153. The molecule has 1 unspecified atom stereocenters. The molecule has 1 aromatic rings. The summed E-state index contributed by atoms with van der Waals surface area (Å²) in [4.78, 5) is 0. The molecule has 3 heteroatoms. The molecule has 2 nitrogen and oxygen atoms in total. The molecule has 0 aliphatic rings. The number of allylic oxidation sites excluding steroid dienone is 1. The number of hydrogen-bond donors (Lipinski definition) is 1. The van der Waals surface area contributed by atoms with Gasteiger partial charge in [-0.05, 0) is 30.9 Å². The summed E-state index contributed by atoms with van der Waals surface area (Å²) in [5, 5.41) is 9.79. The van der Waals surface area contributed by atoms with Crippen molar-refractivity contribution in [1.29, 1.82) is 0 Å². The SMILES string of the molecule is C=CCC(O)/C=C(\C#CCOCc1ccccc1)CCCCl. The number of benzene rings is 1. The summed E-state index contributed by atoms with van der Waals surface area (Å²) in [6.45, 7) is 4.54. The lowest BCUT2D eigenvalue weighted by Crippen LogP contribution is -2.01. The molecule has 0 spiro atoms. The molecule has 1 rings (SSSR count). The first-order valence-corrected chi connectivity index (χ1v) is 7.96. The van der Waals surface area contributed by atoms with E-state index in [2.05, 4.69) is 18.4 Å². The van der Waals surface area contributed by atoms with Crippen molar-refractivity contribution in [2.75, 3.05) is 12.5 Å². The molecule has 0 fully saturated rings. The van der Waals surface area contributed by atoms with Crippen LogP contribution >= 0.6 is 11.6 Å². The monoisotopic (exact) mass is 318 g/mol. The van der Waals surface area contributed by atoms with Gasteiger partial charge in [0.15, 0.2) is 0 Å². The first kappa shape index (κ1) is 18.5. The molecule has 1 atom stereocenters. The van der Waals surface area contributed by atoms with Crippen LogP contribution in [0.3, 0.4) is 0 Å². The van der Waals surface area contributed by atoms with Gasteiger partial charge in [-0.3, -0.25) is 0 Å². The van der Waals surface area contributed by atoms with Crippen LogP contribution in [-0.4, -0.2) is 23.7 Å². The van der Waals surface area contributed by atoms with Crippen LogP contribution in [0, 0.1) is 11.8 Å². The van der Waals surface area contributed by atoms with E-state index in [4.69, 9.17) is 16.3 Å². The molecule has 0 amide bonds. The third-order valence-corrected chi connectivity index (χ3v) is 3.18. The Kier molecular flexibility index (Phi) is 10.1. The van der Waals surface area contributed by atoms with E-state index in [1.54, 1.807) is 12.2 Å². The quantitative estimate of drug-likeness (QED) is 0.322. The Bertz CT molecular complexity index is 511. The van der Waals surface area contributed by atoms with Crippen LogP contribution in [-0.2, 0) is 11.3 Å². The van der Waals surface area contributed by atoms with Crippen molar-refractivity contribution in [2.45, 2.75) is 32.0 Å². The Morgan fingerprint density at radius 1 is 1.36 bits per heavy atom. The highest BCUT2D eigenvalue weighted by molar-refractivity contribution is 6.17. The van der Waals surface area contributed by atoms with Gasteiger partial charge < -0.3 is 9.84 Å². The van der Waals surface area contributed by atoms with Crippen molar-refractivity contribution in [3.8, 4) is 11.8 Å². The normalized spacial score (nSPS) is 12.4. The number of alkyl halides is 1. The number of aliphatic hydroxyl groups excluding tert-OH is 1. The summed E-state index contributed by atoms with van der Waals surface area (Å²) >= 11 is 5.72. The first-order chi connectivity index (χ1) is 10.8. The van der Waals surface area contributed by atoms with Gasteiger partial charge in [-0.1, -0.05) is 48.2 Å². The minimum Gasteiger partial charge on any atom is -0.389 e. The number of rotatable bonds is 9. The Morgan fingerprint density at radius 2 is 2.14 bits per heavy atom. The van der Waals surface area contributed by atoms with Crippen LogP contribution in [0.5, 0.6) is 0 Å². The smallest absolute Gasteiger partial charge is 0.108 e. The van der Waals surface area contributed by atoms with Gasteiger partial charge in [0, 0.05) is 11.5 Å². The molecule has 0 aliphatic carbocycles. The second-order valence-corrected chi connectivity index (χ2v) is 5.23. The van der Waals surface area contributed by atoms with Gasteiger partial charge in [-0.15, -0.1) is 18.2 Å². The summed E-state index contributed by atoms with van der Waals surface area (Å²) in [6.07, 6.45) is 5.06. The van der Waals surface area contributed by atoms with Crippen LogP contribution in [0.15, 0.2) is 54.6 Å². The van der Waals surface area contributed by atoms with Crippen LogP contribution in [0.25, 0.3) is 0 Å². The maximum Gasteiger partial charge on any atom is 0.108 e. The molecule has 0 aliphatic heterocycles. The molecule has 118 valence electrons. The van der Waals surface area contributed by atoms with Crippen molar-refractivity contribution in [3.63, 3.8) is 0 Å². The Hall–Kier alpha value is -1.53. The largest absolute Gasteiger partial charge is 0.389 e. The summed E-state index contributed by atoms with van der Waals surface area (Å²) in [6, 6.07) is 9.98. The Balaban J connectivity index is 2.46. The van der Waals surface area contributed by atoms with Gasteiger partial charge in [0.25, 0.3) is 0 Å². The molecule has 0 radical (unpaired) electrons. The van der Waals surface area contributed by atoms with E-state index in [1.807, 2.05) is 30.3 Å². The molecule has 1 aromatic carbocycles. The van der Waals surface area contributed by atoms with E-state index < -0.39 is 6.10 Å². The van der Waals surface area contributed by atoms with Gasteiger partial charge in [0.05, 0.1) is 12.7 Å². The van der Waals surface area contributed by atoms with Crippen molar-refractivity contribution >= 4 is 11.6 Å². The van der Waals surface area contributed by atoms with Gasteiger partial charge in [0.2, 0.25) is 0 Å². The van der Waals surface area contributed by atoms with E-state index >= 15 is 0 Å². The molecular formula is C19H23ClO2. The standard InChI is InChI=1S/C19H23ClO2/c1-2-8-19(21)15-17(11-6-13-20)12-7-14-22-16-18-9-4-3-5-10-18/h2-5,9-10,15,19,21H,1,6,8,11,13-14,16H2/b17-15-. The predicted octanol–water partition coefficient (Wildman–Crippen LogP) is 4.09. The van der Waals surface area contributed by atoms with E-state index in [0.717, 1.165) is 24.0 Å². The Morgan fingerprint density at radius 3 is 2.82 bits per heavy atom.